The van der Waals surface area contributed by atoms with E-state index in [0.717, 1.165) is 16.1 Å². The second kappa shape index (κ2) is 22.6. The number of nitrogens with zero attached hydrogens (tertiary/aromatic N) is 2. The zero-order valence-corrected chi connectivity index (χ0v) is 46.3. The van der Waals surface area contributed by atoms with Crippen LogP contribution in [0.15, 0.2) is 92.2 Å². The van der Waals surface area contributed by atoms with Crippen molar-refractivity contribution in [1.82, 2.24) is 0 Å². The van der Waals surface area contributed by atoms with Gasteiger partial charge in [0.25, 0.3) is 0 Å². The van der Waals surface area contributed by atoms with E-state index in [1.54, 1.807) is 9.48 Å². The maximum absolute atomic E-state index is 12.0. The number of aliphatic carboxylic acids is 1. The van der Waals surface area contributed by atoms with Gasteiger partial charge in [-0.05, 0) is 92.6 Å². The van der Waals surface area contributed by atoms with Gasteiger partial charge in [-0.2, -0.15) is 4.58 Å². The third-order valence-electron chi connectivity index (χ3n) is 10.8. The fraction of sp³-hybridized carbons (Fsp3) is 0.436. The van der Waals surface area contributed by atoms with Crippen molar-refractivity contribution in [2.75, 3.05) is 35.2 Å². The number of anilines is 1. The molecular weight excluding hydrogens is 950 g/mol. The van der Waals surface area contributed by atoms with Gasteiger partial charge in [0, 0.05) is 69.6 Å². The van der Waals surface area contributed by atoms with E-state index in [1.807, 2.05) is 52.0 Å². The van der Waals surface area contributed by atoms with Crippen molar-refractivity contribution in [3.63, 3.8) is 0 Å². The summed E-state index contributed by atoms with van der Waals surface area (Å²) < 4.78 is 143. The SMILES string of the molecule is CC1(C)C(/C=C/C2=C(SCCC(=O)O)C(=C/C=C3/N(CCCS(=O)(=O)[O-])c4ccc(S(=O)(=O)[O-])cc4C3(C)C)/CCC2)=[N+](CCCS(=O)(=O)[O-])c2ccc(S(=O)(=O)[O-])cc21.[Na+].[Na+].[Na+]. The molecule has 2 aromatic rings. The van der Waals surface area contributed by atoms with Crippen molar-refractivity contribution < 1.29 is 155 Å². The molecule has 0 radical (unpaired) electrons. The molecular formula is C39H45N2Na3O14S5. The third-order valence-corrected chi connectivity index (χ3v) is 15.2. The molecule has 0 atom stereocenters. The monoisotopic (exact) mass is 994 g/mol. The van der Waals surface area contributed by atoms with E-state index in [1.165, 1.54) is 48.2 Å². The van der Waals surface area contributed by atoms with Crippen molar-refractivity contribution in [2.24, 2.45) is 0 Å². The van der Waals surface area contributed by atoms with Gasteiger partial charge in [0.15, 0.2) is 5.71 Å². The van der Waals surface area contributed by atoms with Crippen molar-refractivity contribution >= 4 is 75.3 Å². The van der Waals surface area contributed by atoms with E-state index in [0.29, 0.717) is 53.2 Å². The molecule has 0 amide bonds. The van der Waals surface area contributed by atoms with Crippen molar-refractivity contribution in [1.29, 1.82) is 0 Å². The molecule has 1 aliphatic carbocycles. The summed E-state index contributed by atoms with van der Waals surface area (Å²) in [5.74, 6) is -2.07. The zero-order chi connectivity index (χ0) is 44.6. The number of rotatable bonds is 17. The van der Waals surface area contributed by atoms with Crippen LogP contribution in [0.3, 0.4) is 0 Å². The Bertz CT molecular complexity index is 2710. The molecule has 328 valence electrons. The topological polar surface area (TPSA) is 272 Å². The minimum atomic E-state index is -4.82. The number of hydrogen-bond donors (Lipinski definition) is 1. The molecule has 0 bridgehead atoms. The minimum absolute atomic E-state index is 0. The molecule has 16 nitrogen and oxygen atoms in total. The fourth-order valence-electron chi connectivity index (χ4n) is 7.91. The zero-order valence-electron chi connectivity index (χ0n) is 36.2. The third kappa shape index (κ3) is 14.7. The summed E-state index contributed by atoms with van der Waals surface area (Å²) in [6.45, 7) is 7.44. The fourth-order valence-corrected chi connectivity index (χ4v) is 11.1. The standard InChI is InChI=1S/C39H48N2O14S5.3Na/c1-38(2)30-24-28(59(50,51)52)12-14-32(30)40(19-6-22-57(44,45)46)34(38)16-10-26-8-5-9-27(37(26)56-21-18-36(42)43)11-17-35-39(3,4)31-25-29(60(53,54)55)13-15-33(31)41(35)20-7-23-58(47,48)49;;;/h10-17,24-25H,5-9,18-23H2,1-4H3,(H4-,42,43,44,45,46,47,48,49,50,51,52,53,54,55);;;/q;3*+1/p-3. The molecule has 0 saturated heterocycles. The molecule has 24 heteroatoms. The van der Waals surface area contributed by atoms with Crippen LogP contribution in [0.1, 0.15) is 77.3 Å². The van der Waals surface area contributed by atoms with Gasteiger partial charge in [-0.15, -0.1) is 11.8 Å². The molecule has 3 aliphatic rings. The predicted molar refractivity (Wildman–Crippen MR) is 221 cm³/mol. The van der Waals surface area contributed by atoms with Crippen molar-refractivity contribution in [2.45, 2.75) is 86.8 Å². The molecule has 0 saturated carbocycles. The summed E-state index contributed by atoms with van der Waals surface area (Å²) in [5.41, 5.74) is 3.20. The summed E-state index contributed by atoms with van der Waals surface area (Å²) in [6.07, 6.45) is 8.95. The Hall–Kier alpha value is -0.670. The van der Waals surface area contributed by atoms with E-state index in [4.69, 9.17) is 0 Å². The van der Waals surface area contributed by atoms with Crippen molar-refractivity contribution in [3.8, 4) is 0 Å². The number of benzene rings is 2. The van der Waals surface area contributed by atoms with Crippen LogP contribution in [-0.4, -0.2) is 104 Å². The Kier molecular flexibility index (Phi) is 21.0. The van der Waals surface area contributed by atoms with Crippen LogP contribution in [0.4, 0.5) is 11.4 Å². The van der Waals surface area contributed by atoms with Crippen LogP contribution >= 0.6 is 11.8 Å². The maximum Gasteiger partial charge on any atom is 1.00 e. The van der Waals surface area contributed by atoms with Gasteiger partial charge in [-0.25, -0.2) is 33.7 Å². The molecule has 2 aromatic carbocycles. The quantitative estimate of drug-likeness (QED) is 0.0890. The molecule has 0 unspecified atom stereocenters. The molecule has 0 aromatic heterocycles. The molecule has 5 rings (SSSR count). The van der Waals surface area contributed by atoms with Gasteiger partial charge in [0.1, 0.15) is 26.8 Å². The number of hydrogen-bond acceptors (Lipinski definition) is 15. The second-order valence-corrected chi connectivity index (χ2v) is 22.6. The molecule has 63 heavy (non-hydrogen) atoms. The van der Waals surface area contributed by atoms with Gasteiger partial charge in [0.05, 0.1) is 41.9 Å². The summed E-state index contributed by atoms with van der Waals surface area (Å²) in [5, 5.41) is 9.48. The van der Waals surface area contributed by atoms with Gasteiger partial charge in [-0.3, -0.25) is 4.79 Å². The van der Waals surface area contributed by atoms with Crippen LogP contribution in [0, 0.1) is 0 Å². The van der Waals surface area contributed by atoms with Gasteiger partial charge in [0.2, 0.25) is 5.69 Å². The van der Waals surface area contributed by atoms with Gasteiger partial charge >= 0.3 is 94.6 Å². The first kappa shape index (κ1) is 58.5. The predicted octanol–water partition coefficient (Wildman–Crippen LogP) is -4.44. The first-order valence-corrected chi connectivity index (χ1v) is 25.7. The summed E-state index contributed by atoms with van der Waals surface area (Å²) in [6, 6.07) is 7.89. The van der Waals surface area contributed by atoms with E-state index >= 15 is 0 Å². The number of carboxylic acid groups (broad SMARTS) is 1. The van der Waals surface area contributed by atoms with Crippen molar-refractivity contribution in [3.05, 3.63) is 93.6 Å². The number of carboxylic acids is 1. The maximum atomic E-state index is 12.0. The molecule has 2 heterocycles. The molecule has 2 aliphatic heterocycles. The normalized spacial score (nSPS) is 18.6. The number of allylic oxidation sites excluding steroid dienone is 7. The molecule has 1 N–H and O–H groups in total. The number of carbonyl (C=O) groups is 1. The molecule has 0 fully saturated rings. The summed E-state index contributed by atoms with van der Waals surface area (Å²) >= 11 is 1.33. The number of fused-ring (bicyclic) bond motifs is 2. The average Bonchev–Trinajstić information content (AvgIpc) is 3.45. The Morgan fingerprint density at radius 1 is 0.778 bits per heavy atom. The van der Waals surface area contributed by atoms with E-state index in [-0.39, 0.29) is 127 Å². The Labute approximate surface area is 440 Å². The average molecular weight is 995 g/mol. The van der Waals surface area contributed by atoms with Crippen LogP contribution in [0.25, 0.3) is 0 Å². The van der Waals surface area contributed by atoms with E-state index in [2.05, 4.69) is 0 Å². The largest absolute Gasteiger partial charge is 1.00 e. The number of thioether (sulfide) groups is 1. The van der Waals surface area contributed by atoms with Crippen LogP contribution < -0.4 is 93.6 Å². The Balaban J connectivity index is 0.00000455. The van der Waals surface area contributed by atoms with E-state index < -0.39 is 78.6 Å². The Morgan fingerprint density at radius 3 is 1.92 bits per heavy atom. The Morgan fingerprint density at radius 2 is 1.35 bits per heavy atom. The first-order valence-electron chi connectivity index (χ1n) is 18.8. The van der Waals surface area contributed by atoms with E-state index in [9.17, 15) is 61.8 Å². The minimum Gasteiger partial charge on any atom is -0.748 e. The molecule has 0 spiro atoms. The van der Waals surface area contributed by atoms with Crippen LogP contribution in [0.5, 0.6) is 0 Å². The first-order chi connectivity index (χ1) is 27.6. The smallest absolute Gasteiger partial charge is 0.748 e. The van der Waals surface area contributed by atoms with Crippen LogP contribution in [-0.2, 0) is 56.1 Å². The second-order valence-electron chi connectivity index (χ2n) is 15.7. The van der Waals surface area contributed by atoms with Gasteiger partial charge in [-0.1, -0.05) is 26.0 Å². The summed E-state index contributed by atoms with van der Waals surface area (Å²) in [7, 11) is -18.7. The van der Waals surface area contributed by atoms with Gasteiger partial charge < -0.3 is 28.2 Å². The summed E-state index contributed by atoms with van der Waals surface area (Å²) in [4.78, 5) is 13.3. The van der Waals surface area contributed by atoms with Crippen LogP contribution in [0.2, 0.25) is 0 Å².